The number of thioether (sulfide) groups is 1. The normalized spacial score (nSPS) is 12.4. The Balaban J connectivity index is 2.14. The maximum atomic E-state index is 12.8. The van der Waals surface area contributed by atoms with Gasteiger partial charge in [-0.3, -0.25) is 0 Å². The molecule has 1 atom stereocenters. The van der Waals surface area contributed by atoms with Crippen LogP contribution in [0.15, 0.2) is 53.4 Å². The molecule has 18 heavy (non-hydrogen) atoms. The number of aryl methyl sites for hydroxylation is 1. The first-order chi connectivity index (χ1) is 8.69. The van der Waals surface area contributed by atoms with Crippen molar-refractivity contribution in [1.82, 2.24) is 0 Å². The van der Waals surface area contributed by atoms with E-state index >= 15 is 0 Å². The highest BCUT2D eigenvalue weighted by Crippen LogP contribution is 2.34. The van der Waals surface area contributed by atoms with E-state index in [0.717, 1.165) is 4.90 Å². The van der Waals surface area contributed by atoms with Crippen molar-refractivity contribution in [3.05, 3.63) is 65.5 Å². The molecule has 0 amide bonds. The molecule has 0 saturated carbocycles. The minimum Gasteiger partial charge on any atom is -0.329 e. The van der Waals surface area contributed by atoms with Crippen LogP contribution in [0.3, 0.4) is 0 Å². The molecule has 94 valence electrons. The Morgan fingerprint density at radius 3 is 2.22 bits per heavy atom. The third kappa shape index (κ3) is 3.34. The van der Waals surface area contributed by atoms with E-state index in [1.807, 2.05) is 0 Å². The molecule has 0 aromatic heterocycles. The van der Waals surface area contributed by atoms with Gasteiger partial charge in [-0.1, -0.05) is 29.8 Å². The lowest BCUT2D eigenvalue weighted by Crippen LogP contribution is -2.09. The van der Waals surface area contributed by atoms with E-state index in [1.165, 1.54) is 23.3 Å². The summed E-state index contributed by atoms with van der Waals surface area (Å²) in [6.07, 6.45) is 0. The summed E-state index contributed by atoms with van der Waals surface area (Å²) in [5, 5.41) is 0.205. The van der Waals surface area contributed by atoms with Crippen molar-refractivity contribution in [2.24, 2.45) is 5.73 Å². The summed E-state index contributed by atoms with van der Waals surface area (Å²) in [6, 6.07) is 14.9. The van der Waals surface area contributed by atoms with E-state index in [9.17, 15) is 4.39 Å². The second-order valence-electron chi connectivity index (χ2n) is 4.21. The zero-order valence-electron chi connectivity index (χ0n) is 10.3. The molecular formula is C15H16FNS. The third-order valence-electron chi connectivity index (χ3n) is 2.76. The molecule has 2 aromatic rings. The van der Waals surface area contributed by atoms with Gasteiger partial charge in [0.25, 0.3) is 0 Å². The zero-order chi connectivity index (χ0) is 13.0. The van der Waals surface area contributed by atoms with Gasteiger partial charge in [0.05, 0.1) is 0 Å². The van der Waals surface area contributed by atoms with Gasteiger partial charge in [-0.05, 0) is 36.8 Å². The van der Waals surface area contributed by atoms with E-state index < -0.39 is 0 Å². The fourth-order valence-corrected chi connectivity index (χ4v) is 2.72. The molecular weight excluding hydrogens is 245 g/mol. The molecule has 2 aromatic carbocycles. The Morgan fingerprint density at radius 1 is 1.06 bits per heavy atom. The molecule has 0 bridgehead atoms. The Labute approximate surface area is 111 Å². The molecule has 0 aliphatic rings. The Bertz CT molecular complexity index is 493. The molecule has 0 spiro atoms. The maximum Gasteiger partial charge on any atom is 0.123 e. The van der Waals surface area contributed by atoms with E-state index in [-0.39, 0.29) is 11.1 Å². The van der Waals surface area contributed by atoms with E-state index in [1.54, 1.807) is 23.9 Å². The van der Waals surface area contributed by atoms with Crippen molar-refractivity contribution in [2.75, 3.05) is 6.54 Å². The number of benzene rings is 2. The van der Waals surface area contributed by atoms with Gasteiger partial charge < -0.3 is 5.73 Å². The van der Waals surface area contributed by atoms with Crippen LogP contribution in [0.1, 0.15) is 16.4 Å². The van der Waals surface area contributed by atoms with Crippen LogP contribution in [0.2, 0.25) is 0 Å². The van der Waals surface area contributed by atoms with Crippen molar-refractivity contribution in [3.8, 4) is 0 Å². The zero-order valence-corrected chi connectivity index (χ0v) is 11.1. The molecule has 0 fully saturated rings. The molecule has 0 aliphatic heterocycles. The topological polar surface area (TPSA) is 26.0 Å². The fourth-order valence-electron chi connectivity index (χ4n) is 1.71. The Morgan fingerprint density at radius 2 is 1.67 bits per heavy atom. The van der Waals surface area contributed by atoms with Crippen molar-refractivity contribution in [2.45, 2.75) is 17.1 Å². The summed E-state index contributed by atoms with van der Waals surface area (Å²) in [5.74, 6) is -0.209. The monoisotopic (exact) mass is 261 g/mol. The summed E-state index contributed by atoms with van der Waals surface area (Å²) in [7, 11) is 0. The maximum absolute atomic E-state index is 12.8. The molecule has 0 heterocycles. The van der Waals surface area contributed by atoms with Crippen LogP contribution in [0.5, 0.6) is 0 Å². The Hall–Kier alpha value is -1.32. The van der Waals surface area contributed by atoms with Gasteiger partial charge in [0, 0.05) is 16.7 Å². The van der Waals surface area contributed by atoms with Crippen LogP contribution in [-0.4, -0.2) is 6.54 Å². The van der Waals surface area contributed by atoms with Gasteiger partial charge in [-0.2, -0.15) is 0 Å². The third-order valence-corrected chi connectivity index (χ3v) is 4.05. The van der Waals surface area contributed by atoms with Crippen LogP contribution in [0.25, 0.3) is 0 Å². The molecule has 3 heteroatoms. The van der Waals surface area contributed by atoms with E-state index in [4.69, 9.17) is 5.73 Å². The first kappa shape index (κ1) is 13.1. The second kappa shape index (κ2) is 6.03. The van der Waals surface area contributed by atoms with Gasteiger partial charge in [-0.25, -0.2) is 4.39 Å². The predicted molar refractivity (Wildman–Crippen MR) is 75.2 cm³/mol. The smallest absolute Gasteiger partial charge is 0.123 e. The van der Waals surface area contributed by atoms with Gasteiger partial charge >= 0.3 is 0 Å². The quantitative estimate of drug-likeness (QED) is 0.844. The Kier molecular flexibility index (Phi) is 4.39. The molecule has 0 radical (unpaired) electrons. The number of hydrogen-bond acceptors (Lipinski definition) is 2. The second-order valence-corrected chi connectivity index (χ2v) is 5.48. The summed E-state index contributed by atoms with van der Waals surface area (Å²) < 4.78 is 12.8. The van der Waals surface area contributed by atoms with Crippen molar-refractivity contribution in [1.29, 1.82) is 0 Å². The SMILES string of the molecule is Cc1ccc(C(CN)Sc2ccc(F)cc2)cc1. The van der Waals surface area contributed by atoms with E-state index in [0.29, 0.717) is 6.54 Å². The van der Waals surface area contributed by atoms with Gasteiger partial charge in [0.1, 0.15) is 5.82 Å². The van der Waals surface area contributed by atoms with E-state index in [2.05, 4.69) is 31.2 Å². The van der Waals surface area contributed by atoms with Crippen LogP contribution >= 0.6 is 11.8 Å². The summed E-state index contributed by atoms with van der Waals surface area (Å²) in [4.78, 5) is 1.03. The van der Waals surface area contributed by atoms with Gasteiger partial charge in [0.2, 0.25) is 0 Å². The molecule has 0 aliphatic carbocycles. The van der Waals surface area contributed by atoms with Crippen molar-refractivity contribution in [3.63, 3.8) is 0 Å². The largest absolute Gasteiger partial charge is 0.329 e. The molecule has 1 unspecified atom stereocenters. The van der Waals surface area contributed by atoms with Crippen LogP contribution in [-0.2, 0) is 0 Å². The molecule has 2 N–H and O–H groups in total. The van der Waals surface area contributed by atoms with Crippen molar-refractivity contribution >= 4 is 11.8 Å². The lowest BCUT2D eigenvalue weighted by molar-refractivity contribution is 0.626. The highest BCUT2D eigenvalue weighted by Gasteiger charge is 2.11. The highest BCUT2D eigenvalue weighted by molar-refractivity contribution is 7.99. The minimum absolute atomic E-state index is 0.205. The van der Waals surface area contributed by atoms with Crippen molar-refractivity contribution < 1.29 is 4.39 Å². The highest BCUT2D eigenvalue weighted by atomic mass is 32.2. The van der Waals surface area contributed by atoms with Crippen LogP contribution < -0.4 is 5.73 Å². The average Bonchev–Trinajstić information content (AvgIpc) is 2.39. The number of nitrogens with two attached hydrogens (primary N) is 1. The summed E-state index contributed by atoms with van der Waals surface area (Å²) >= 11 is 1.66. The lowest BCUT2D eigenvalue weighted by Gasteiger charge is -2.15. The number of hydrogen-bond donors (Lipinski definition) is 1. The minimum atomic E-state index is -0.209. The van der Waals surface area contributed by atoms with Gasteiger partial charge in [0.15, 0.2) is 0 Å². The first-order valence-corrected chi connectivity index (χ1v) is 6.76. The lowest BCUT2D eigenvalue weighted by atomic mass is 10.1. The number of rotatable bonds is 4. The fraction of sp³-hybridized carbons (Fsp3) is 0.200. The standard InChI is InChI=1S/C15H16FNS/c1-11-2-4-12(5-3-11)15(10-17)18-14-8-6-13(16)7-9-14/h2-9,15H,10,17H2,1H3. The molecule has 0 saturated heterocycles. The summed E-state index contributed by atoms with van der Waals surface area (Å²) in [6.45, 7) is 2.62. The summed E-state index contributed by atoms with van der Waals surface area (Å²) in [5.41, 5.74) is 8.27. The van der Waals surface area contributed by atoms with Crippen LogP contribution in [0.4, 0.5) is 4.39 Å². The average molecular weight is 261 g/mol. The molecule has 2 rings (SSSR count). The predicted octanol–water partition coefficient (Wildman–Crippen LogP) is 3.93. The van der Waals surface area contributed by atoms with Crippen LogP contribution in [0, 0.1) is 12.7 Å². The van der Waals surface area contributed by atoms with Gasteiger partial charge in [-0.15, -0.1) is 11.8 Å². The first-order valence-electron chi connectivity index (χ1n) is 5.88. The number of halogens is 1. The molecule has 1 nitrogen and oxygen atoms in total.